The highest BCUT2D eigenvalue weighted by molar-refractivity contribution is 5.90. The van der Waals surface area contributed by atoms with Gasteiger partial charge in [-0.05, 0) is 37.3 Å². The number of anilines is 1. The Bertz CT molecular complexity index is 869. The van der Waals surface area contributed by atoms with Gasteiger partial charge in [-0.3, -0.25) is 0 Å². The summed E-state index contributed by atoms with van der Waals surface area (Å²) in [4.78, 5) is 25.8. The Balaban J connectivity index is 1.67. The van der Waals surface area contributed by atoms with Crippen molar-refractivity contribution in [2.75, 3.05) is 25.5 Å². The number of amides is 3. The van der Waals surface area contributed by atoms with Gasteiger partial charge in [0.25, 0.3) is 0 Å². The van der Waals surface area contributed by atoms with Crippen LogP contribution in [0.25, 0.3) is 5.69 Å². The third-order valence-electron chi connectivity index (χ3n) is 5.21. The van der Waals surface area contributed by atoms with Crippen LogP contribution in [0.4, 0.5) is 15.3 Å². The van der Waals surface area contributed by atoms with E-state index in [9.17, 15) is 9.59 Å². The van der Waals surface area contributed by atoms with Gasteiger partial charge in [0.2, 0.25) is 0 Å². The third kappa shape index (κ3) is 4.70. The molecule has 8 heteroatoms. The predicted molar refractivity (Wildman–Crippen MR) is 112 cm³/mol. The minimum Gasteiger partial charge on any atom is -0.453 e. The van der Waals surface area contributed by atoms with Crippen LogP contribution in [0.1, 0.15) is 43.9 Å². The van der Waals surface area contributed by atoms with Crippen LogP contribution in [0.15, 0.2) is 30.5 Å². The molecule has 2 aromatic rings. The number of likely N-dealkylation sites (tertiary alicyclic amines) is 1. The standard InChI is InChI=1S/C21H29N5O3/c1-14(2)19-17(13-22-26(19)18-8-6-5-7-15(18)3)24-20(27)23-16-9-11-25(12-10-16)21(28)29-4/h5-8,13-14,16H,9-12H2,1-4H3,(H2,23,24,27). The van der Waals surface area contributed by atoms with Crippen LogP contribution in [0, 0.1) is 6.92 Å². The molecule has 3 amide bonds. The van der Waals surface area contributed by atoms with Crippen LogP contribution < -0.4 is 10.6 Å². The van der Waals surface area contributed by atoms with Crippen molar-refractivity contribution in [2.24, 2.45) is 0 Å². The minimum absolute atomic E-state index is 0.0184. The molecule has 2 heterocycles. The lowest BCUT2D eigenvalue weighted by Gasteiger charge is -2.31. The lowest BCUT2D eigenvalue weighted by molar-refractivity contribution is 0.110. The summed E-state index contributed by atoms with van der Waals surface area (Å²) >= 11 is 0. The number of aromatic nitrogens is 2. The van der Waals surface area contributed by atoms with Gasteiger partial charge in [-0.1, -0.05) is 32.0 Å². The molecular formula is C21H29N5O3. The van der Waals surface area contributed by atoms with Gasteiger partial charge in [0, 0.05) is 19.1 Å². The smallest absolute Gasteiger partial charge is 0.409 e. The quantitative estimate of drug-likeness (QED) is 0.821. The molecule has 0 radical (unpaired) electrons. The minimum atomic E-state index is -0.321. The highest BCUT2D eigenvalue weighted by Crippen LogP contribution is 2.28. The molecule has 1 aromatic heterocycles. The molecule has 0 saturated carbocycles. The number of methoxy groups -OCH3 is 1. The highest BCUT2D eigenvalue weighted by atomic mass is 16.5. The van der Waals surface area contributed by atoms with Crippen molar-refractivity contribution in [3.63, 3.8) is 0 Å². The zero-order valence-electron chi connectivity index (χ0n) is 17.4. The maximum atomic E-state index is 12.6. The van der Waals surface area contributed by atoms with Gasteiger partial charge in [-0.2, -0.15) is 5.10 Å². The molecule has 0 unspecified atom stereocenters. The van der Waals surface area contributed by atoms with E-state index in [1.807, 2.05) is 35.9 Å². The molecule has 0 atom stereocenters. The first-order valence-corrected chi connectivity index (χ1v) is 9.95. The Morgan fingerprint density at radius 1 is 1.21 bits per heavy atom. The fourth-order valence-electron chi connectivity index (χ4n) is 3.68. The summed E-state index contributed by atoms with van der Waals surface area (Å²) in [6.07, 6.45) is 2.77. The van der Waals surface area contributed by atoms with E-state index in [0.717, 1.165) is 16.9 Å². The lowest BCUT2D eigenvalue weighted by Crippen LogP contribution is -2.47. The number of nitrogens with zero attached hydrogens (tertiary/aromatic N) is 3. The average Bonchev–Trinajstić information content (AvgIpc) is 3.11. The zero-order chi connectivity index (χ0) is 21.0. The van der Waals surface area contributed by atoms with Gasteiger partial charge in [0.1, 0.15) is 0 Å². The molecule has 1 aliphatic heterocycles. The van der Waals surface area contributed by atoms with Crippen molar-refractivity contribution < 1.29 is 14.3 Å². The van der Waals surface area contributed by atoms with E-state index in [1.54, 1.807) is 11.1 Å². The summed E-state index contributed by atoms with van der Waals surface area (Å²) in [7, 11) is 1.38. The molecule has 2 N–H and O–H groups in total. The predicted octanol–water partition coefficient (Wildman–Crippen LogP) is 3.66. The SMILES string of the molecule is COC(=O)N1CCC(NC(=O)Nc2cnn(-c3ccccc3C)c2C(C)C)CC1. The molecule has 1 fully saturated rings. The molecule has 1 saturated heterocycles. The van der Waals surface area contributed by atoms with Crippen LogP contribution in [0.5, 0.6) is 0 Å². The molecule has 0 spiro atoms. The zero-order valence-corrected chi connectivity index (χ0v) is 17.4. The Labute approximate surface area is 171 Å². The molecule has 0 aliphatic carbocycles. The van der Waals surface area contributed by atoms with Gasteiger partial charge in [-0.25, -0.2) is 14.3 Å². The third-order valence-corrected chi connectivity index (χ3v) is 5.21. The number of hydrogen-bond donors (Lipinski definition) is 2. The van der Waals surface area contributed by atoms with E-state index in [0.29, 0.717) is 31.6 Å². The maximum Gasteiger partial charge on any atom is 0.409 e. The Morgan fingerprint density at radius 3 is 2.52 bits per heavy atom. The van der Waals surface area contributed by atoms with Gasteiger partial charge < -0.3 is 20.3 Å². The van der Waals surface area contributed by atoms with Crippen molar-refractivity contribution >= 4 is 17.8 Å². The van der Waals surface area contributed by atoms with Gasteiger partial charge in [0.05, 0.1) is 30.4 Å². The molecular weight excluding hydrogens is 370 g/mol. The van der Waals surface area contributed by atoms with Crippen molar-refractivity contribution in [3.8, 4) is 5.69 Å². The van der Waals surface area contributed by atoms with Gasteiger partial charge >= 0.3 is 12.1 Å². The number of hydrogen-bond acceptors (Lipinski definition) is 4. The van der Waals surface area contributed by atoms with E-state index in [1.165, 1.54) is 7.11 Å². The second-order valence-electron chi connectivity index (χ2n) is 7.63. The van der Waals surface area contributed by atoms with Crippen molar-refractivity contribution in [3.05, 3.63) is 41.7 Å². The van der Waals surface area contributed by atoms with E-state index >= 15 is 0 Å². The topological polar surface area (TPSA) is 88.5 Å². The number of piperidine rings is 1. The molecule has 1 aromatic carbocycles. The number of para-hydroxylation sites is 1. The number of carbonyl (C=O) groups excluding carboxylic acids is 2. The molecule has 29 heavy (non-hydrogen) atoms. The van der Waals surface area contributed by atoms with Gasteiger partial charge in [-0.15, -0.1) is 0 Å². The lowest BCUT2D eigenvalue weighted by atomic mass is 10.1. The van der Waals surface area contributed by atoms with Gasteiger partial charge in [0.15, 0.2) is 0 Å². The Morgan fingerprint density at radius 2 is 1.90 bits per heavy atom. The number of ether oxygens (including phenoxy) is 1. The van der Waals surface area contributed by atoms with E-state index in [2.05, 4.69) is 29.6 Å². The fourth-order valence-corrected chi connectivity index (χ4v) is 3.68. The maximum absolute atomic E-state index is 12.6. The van der Waals surface area contributed by atoms with Crippen molar-refractivity contribution in [1.82, 2.24) is 20.0 Å². The number of rotatable bonds is 4. The molecule has 3 rings (SSSR count). The van der Waals surface area contributed by atoms with Crippen LogP contribution in [-0.2, 0) is 4.74 Å². The van der Waals surface area contributed by atoms with E-state index in [4.69, 9.17) is 4.74 Å². The number of urea groups is 1. The Kier molecular flexibility index (Phi) is 6.41. The van der Waals surface area contributed by atoms with E-state index in [-0.39, 0.29) is 24.1 Å². The molecule has 1 aliphatic rings. The Hall–Kier alpha value is -3.03. The summed E-state index contributed by atoms with van der Waals surface area (Å²) in [5, 5.41) is 10.5. The second-order valence-corrected chi connectivity index (χ2v) is 7.63. The first-order chi connectivity index (χ1) is 13.9. The molecule has 8 nitrogen and oxygen atoms in total. The molecule has 0 bridgehead atoms. The van der Waals surface area contributed by atoms with Crippen LogP contribution >= 0.6 is 0 Å². The number of nitrogens with one attached hydrogen (secondary N) is 2. The van der Waals surface area contributed by atoms with E-state index < -0.39 is 0 Å². The molecule has 156 valence electrons. The first kappa shape index (κ1) is 20.7. The monoisotopic (exact) mass is 399 g/mol. The normalized spacial score (nSPS) is 14.7. The van der Waals surface area contributed by atoms with Crippen molar-refractivity contribution in [1.29, 1.82) is 0 Å². The highest BCUT2D eigenvalue weighted by Gasteiger charge is 2.25. The summed E-state index contributed by atoms with van der Waals surface area (Å²) in [5.74, 6) is 0.177. The summed E-state index contributed by atoms with van der Waals surface area (Å²) in [6.45, 7) is 7.34. The second kappa shape index (κ2) is 8.98. The number of benzene rings is 1. The average molecular weight is 399 g/mol. The summed E-state index contributed by atoms with van der Waals surface area (Å²) in [5.41, 5.74) is 3.77. The summed E-state index contributed by atoms with van der Waals surface area (Å²) in [6, 6.07) is 7.80. The largest absolute Gasteiger partial charge is 0.453 e. The number of aryl methyl sites for hydroxylation is 1. The van der Waals surface area contributed by atoms with Crippen LogP contribution in [-0.4, -0.2) is 53.0 Å². The van der Waals surface area contributed by atoms with Crippen LogP contribution in [0.2, 0.25) is 0 Å². The fraction of sp³-hybridized carbons (Fsp3) is 0.476. The first-order valence-electron chi connectivity index (χ1n) is 9.95. The van der Waals surface area contributed by atoms with Crippen molar-refractivity contribution in [2.45, 2.75) is 45.6 Å². The number of carbonyl (C=O) groups is 2. The summed E-state index contributed by atoms with van der Waals surface area (Å²) < 4.78 is 6.64. The van der Waals surface area contributed by atoms with Crippen LogP contribution in [0.3, 0.4) is 0 Å².